The second kappa shape index (κ2) is 9.99. The standard InChI is InChI=1S/C25H30N4O4S/c1-28(2)25(31)22(16-18-17-26-21-13-7-6-12-20(18)21)27-24(30)23-14-8-9-15-29(23)34(32,33)19-10-4-3-5-11-19/h3-7,10-13,17,22-23,26H,8-9,14-16H2,1-2H3,(H,27,30)/t22-,23-/m0/s1. The first kappa shape index (κ1) is 24.0. The van der Waals surface area contributed by atoms with Crippen molar-refractivity contribution in [2.45, 2.75) is 42.7 Å². The van der Waals surface area contributed by atoms with Crippen LogP contribution < -0.4 is 5.32 Å². The molecule has 0 aliphatic carbocycles. The van der Waals surface area contributed by atoms with Gasteiger partial charge >= 0.3 is 0 Å². The Kier molecular flexibility index (Phi) is 7.04. The topological polar surface area (TPSA) is 103 Å². The number of hydrogen-bond acceptors (Lipinski definition) is 4. The lowest BCUT2D eigenvalue weighted by atomic mass is 10.0. The fourth-order valence-electron chi connectivity index (χ4n) is 4.48. The Morgan fingerprint density at radius 3 is 2.53 bits per heavy atom. The van der Waals surface area contributed by atoms with Gasteiger partial charge in [-0.05, 0) is 36.6 Å². The number of H-pyrrole nitrogens is 1. The third-order valence-corrected chi connectivity index (χ3v) is 8.18. The molecule has 0 unspecified atom stereocenters. The molecule has 1 saturated heterocycles. The predicted octanol–water partition coefficient (Wildman–Crippen LogP) is 2.53. The summed E-state index contributed by atoms with van der Waals surface area (Å²) in [7, 11) is -0.550. The second-order valence-corrected chi connectivity index (χ2v) is 10.7. The number of aromatic nitrogens is 1. The summed E-state index contributed by atoms with van der Waals surface area (Å²) >= 11 is 0. The van der Waals surface area contributed by atoms with E-state index >= 15 is 0 Å². The molecule has 9 heteroatoms. The number of piperidine rings is 1. The average Bonchev–Trinajstić information content (AvgIpc) is 3.26. The van der Waals surface area contributed by atoms with Crippen molar-refractivity contribution in [2.75, 3.05) is 20.6 Å². The van der Waals surface area contributed by atoms with Crippen LogP contribution in [-0.2, 0) is 26.0 Å². The molecule has 2 aromatic carbocycles. The van der Waals surface area contributed by atoms with Gasteiger partial charge in [-0.15, -0.1) is 0 Å². The van der Waals surface area contributed by atoms with Crippen molar-refractivity contribution in [3.63, 3.8) is 0 Å². The van der Waals surface area contributed by atoms with E-state index < -0.39 is 28.0 Å². The zero-order valence-electron chi connectivity index (χ0n) is 19.4. The molecule has 3 aromatic rings. The van der Waals surface area contributed by atoms with Crippen molar-refractivity contribution in [2.24, 2.45) is 0 Å². The van der Waals surface area contributed by atoms with Gasteiger partial charge in [0.1, 0.15) is 12.1 Å². The van der Waals surface area contributed by atoms with Crippen LogP contribution in [0.2, 0.25) is 0 Å². The molecule has 2 N–H and O–H groups in total. The van der Waals surface area contributed by atoms with E-state index in [0.717, 1.165) is 22.9 Å². The largest absolute Gasteiger partial charge is 0.361 e. The van der Waals surface area contributed by atoms with Crippen molar-refractivity contribution >= 4 is 32.7 Å². The van der Waals surface area contributed by atoms with Crippen molar-refractivity contribution in [3.8, 4) is 0 Å². The normalized spacial score (nSPS) is 17.9. The molecule has 34 heavy (non-hydrogen) atoms. The number of carbonyl (C=O) groups is 2. The van der Waals surface area contributed by atoms with E-state index in [1.165, 1.54) is 21.3 Å². The minimum absolute atomic E-state index is 0.161. The van der Waals surface area contributed by atoms with Gasteiger partial charge in [-0.1, -0.05) is 42.8 Å². The van der Waals surface area contributed by atoms with Crippen LogP contribution in [0.5, 0.6) is 0 Å². The van der Waals surface area contributed by atoms with Gasteiger partial charge in [-0.3, -0.25) is 9.59 Å². The van der Waals surface area contributed by atoms with E-state index in [-0.39, 0.29) is 17.3 Å². The highest BCUT2D eigenvalue weighted by Gasteiger charge is 2.39. The Balaban J connectivity index is 1.59. The van der Waals surface area contributed by atoms with Crippen LogP contribution in [0.25, 0.3) is 10.9 Å². The number of likely N-dealkylation sites (N-methyl/N-ethyl adjacent to an activating group) is 1. The first-order chi connectivity index (χ1) is 16.3. The fraction of sp³-hybridized carbons (Fsp3) is 0.360. The quantitative estimate of drug-likeness (QED) is 0.540. The molecule has 2 heterocycles. The molecule has 1 aliphatic heterocycles. The monoisotopic (exact) mass is 482 g/mol. The smallest absolute Gasteiger partial charge is 0.244 e. The Labute approximate surface area is 200 Å². The van der Waals surface area contributed by atoms with Crippen molar-refractivity contribution in [1.29, 1.82) is 0 Å². The zero-order valence-corrected chi connectivity index (χ0v) is 20.2. The minimum atomic E-state index is -3.84. The van der Waals surface area contributed by atoms with E-state index in [4.69, 9.17) is 0 Å². The first-order valence-corrected chi connectivity index (χ1v) is 12.9. The summed E-state index contributed by atoms with van der Waals surface area (Å²) in [5.41, 5.74) is 1.86. The van der Waals surface area contributed by atoms with Gasteiger partial charge < -0.3 is 15.2 Å². The molecule has 4 rings (SSSR count). The van der Waals surface area contributed by atoms with Gasteiger partial charge in [-0.25, -0.2) is 8.42 Å². The van der Waals surface area contributed by atoms with E-state index in [1.54, 1.807) is 32.3 Å². The minimum Gasteiger partial charge on any atom is -0.361 e. The van der Waals surface area contributed by atoms with Crippen LogP contribution in [0.15, 0.2) is 65.7 Å². The van der Waals surface area contributed by atoms with Crippen LogP contribution in [0.3, 0.4) is 0 Å². The van der Waals surface area contributed by atoms with Crippen LogP contribution in [0.4, 0.5) is 0 Å². The van der Waals surface area contributed by atoms with Gasteiger partial charge in [-0.2, -0.15) is 4.31 Å². The third-order valence-electron chi connectivity index (χ3n) is 6.26. The van der Waals surface area contributed by atoms with Crippen LogP contribution in [-0.4, -0.2) is 67.1 Å². The molecule has 0 saturated carbocycles. The van der Waals surface area contributed by atoms with Crippen molar-refractivity contribution < 1.29 is 18.0 Å². The molecule has 0 radical (unpaired) electrons. The van der Waals surface area contributed by atoms with E-state index in [9.17, 15) is 18.0 Å². The highest BCUT2D eigenvalue weighted by atomic mass is 32.2. The van der Waals surface area contributed by atoms with Crippen LogP contribution in [0.1, 0.15) is 24.8 Å². The molecule has 8 nitrogen and oxygen atoms in total. The Hall–Kier alpha value is -3.17. The SMILES string of the molecule is CN(C)C(=O)[C@H](Cc1c[nH]c2ccccc12)NC(=O)[C@@H]1CCCCN1S(=O)(=O)c1ccccc1. The average molecular weight is 483 g/mol. The number of sulfonamides is 1. The number of rotatable bonds is 7. The fourth-order valence-corrected chi connectivity index (χ4v) is 6.16. The van der Waals surface area contributed by atoms with Gasteiger partial charge in [0.15, 0.2) is 0 Å². The Morgan fingerprint density at radius 1 is 1.09 bits per heavy atom. The van der Waals surface area contributed by atoms with E-state index in [1.807, 2.05) is 30.5 Å². The van der Waals surface area contributed by atoms with Gasteiger partial charge in [0.2, 0.25) is 21.8 Å². The van der Waals surface area contributed by atoms with Gasteiger partial charge in [0.05, 0.1) is 4.90 Å². The summed E-state index contributed by atoms with van der Waals surface area (Å²) in [6, 6.07) is 14.3. The lowest BCUT2D eigenvalue weighted by Gasteiger charge is -2.34. The summed E-state index contributed by atoms with van der Waals surface area (Å²) in [5, 5.41) is 3.86. The lowest BCUT2D eigenvalue weighted by molar-refractivity contribution is -0.135. The van der Waals surface area contributed by atoms with Gasteiger partial charge in [0.25, 0.3) is 0 Å². The molecule has 0 bridgehead atoms. The summed E-state index contributed by atoms with van der Waals surface area (Å²) in [4.78, 5) is 31.2. The second-order valence-electron chi connectivity index (χ2n) is 8.80. The lowest BCUT2D eigenvalue weighted by Crippen LogP contribution is -2.56. The maximum Gasteiger partial charge on any atom is 0.244 e. The number of amides is 2. The maximum atomic E-state index is 13.4. The number of carbonyl (C=O) groups excluding carboxylic acids is 2. The number of para-hydroxylation sites is 1. The number of nitrogens with zero attached hydrogens (tertiary/aromatic N) is 2. The van der Waals surface area contributed by atoms with Gasteiger partial charge in [0, 0.05) is 44.2 Å². The molecule has 1 fully saturated rings. The predicted molar refractivity (Wildman–Crippen MR) is 131 cm³/mol. The first-order valence-electron chi connectivity index (χ1n) is 11.4. The molecule has 0 spiro atoms. The molecular weight excluding hydrogens is 452 g/mol. The zero-order chi connectivity index (χ0) is 24.3. The molecule has 180 valence electrons. The number of aromatic amines is 1. The van der Waals surface area contributed by atoms with Crippen molar-refractivity contribution in [3.05, 3.63) is 66.4 Å². The highest BCUT2D eigenvalue weighted by Crippen LogP contribution is 2.26. The number of benzene rings is 2. The number of hydrogen-bond donors (Lipinski definition) is 2. The van der Waals surface area contributed by atoms with E-state index in [2.05, 4.69) is 10.3 Å². The summed E-state index contributed by atoms with van der Waals surface area (Å²) in [6.07, 6.45) is 3.98. The number of fused-ring (bicyclic) bond motifs is 1. The molecule has 2 amide bonds. The summed E-state index contributed by atoms with van der Waals surface area (Å²) in [6.45, 7) is 0.268. The molecule has 1 aromatic heterocycles. The molecule has 1 aliphatic rings. The summed E-state index contributed by atoms with van der Waals surface area (Å²) < 4.78 is 27.9. The summed E-state index contributed by atoms with van der Waals surface area (Å²) in [5.74, 6) is -0.689. The Morgan fingerprint density at radius 2 is 1.79 bits per heavy atom. The molecule has 2 atom stereocenters. The Bertz CT molecular complexity index is 1270. The maximum absolute atomic E-state index is 13.4. The highest BCUT2D eigenvalue weighted by molar-refractivity contribution is 7.89. The van der Waals surface area contributed by atoms with Crippen LogP contribution in [0, 0.1) is 0 Å². The van der Waals surface area contributed by atoms with Crippen molar-refractivity contribution in [1.82, 2.24) is 19.5 Å². The van der Waals surface area contributed by atoms with Crippen LogP contribution >= 0.6 is 0 Å². The number of nitrogens with one attached hydrogen (secondary N) is 2. The molecular formula is C25H30N4O4S. The third kappa shape index (κ3) is 4.85. The van der Waals surface area contributed by atoms with E-state index in [0.29, 0.717) is 19.3 Å².